The second-order valence-electron chi connectivity index (χ2n) is 15.7. The Labute approximate surface area is 293 Å². The summed E-state index contributed by atoms with van der Waals surface area (Å²) in [6.07, 6.45) is 0. The molecule has 1 aromatic heterocycles. The lowest BCUT2D eigenvalue weighted by molar-refractivity contribution is 0.556. The van der Waals surface area contributed by atoms with Crippen LogP contribution in [0.3, 0.4) is 0 Å². The fraction of sp³-hybridized carbons (Fsp3) is 0.143. The Morgan fingerprint density at radius 2 is 0.980 bits per heavy atom. The minimum atomic E-state index is -0.507. The summed E-state index contributed by atoms with van der Waals surface area (Å²) in [5.74, 6) is 0. The Bertz CT molecular complexity index is 2770. The summed E-state index contributed by atoms with van der Waals surface area (Å²) < 4.78 is 2.54. The molecule has 0 bridgehead atoms. The van der Waals surface area contributed by atoms with Crippen molar-refractivity contribution in [1.29, 1.82) is 0 Å². The third kappa shape index (κ3) is 3.16. The van der Waals surface area contributed by atoms with Crippen molar-refractivity contribution in [1.82, 2.24) is 4.57 Å². The molecule has 2 aliphatic carbocycles. The number of benzene rings is 7. The highest BCUT2D eigenvalue weighted by atomic mass is 15.0. The molecule has 11 rings (SSSR count). The van der Waals surface area contributed by atoms with Gasteiger partial charge in [0.1, 0.15) is 0 Å². The molecule has 1 aliphatic heterocycles. The topological polar surface area (TPSA) is 4.93 Å². The summed E-state index contributed by atoms with van der Waals surface area (Å²) in [6.45, 7) is 9.59. The molecule has 0 fully saturated rings. The minimum Gasteiger partial charge on any atom is -0.309 e. The van der Waals surface area contributed by atoms with E-state index in [0.717, 1.165) is 0 Å². The molecule has 3 aliphatic rings. The molecular weight excluding hydrogens is 603 g/mol. The molecule has 2 heterocycles. The van der Waals surface area contributed by atoms with E-state index in [-0.39, 0.29) is 10.8 Å². The molecule has 0 saturated heterocycles. The Kier molecular flexibility index (Phi) is 5.25. The molecule has 1 nitrogen and oxygen atoms in total. The van der Waals surface area contributed by atoms with Gasteiger partial charge in [-0.05, 0) is 85.0 Å². The monoisotopic (exact) mass is 639 g/mol. The maximum absolute atomic E-state index is 2.57. The quantitative estimate of drug-likeness (QED) is 0.168. The Morgan fingerprint density at radius 3 is 1.84 bits per heavy atom. The van der Waals surface area contributed by atoms with Crippen molar-refractivity contribution in [2.75, 3.05) is 0 Å². The minimum absolute atomic E-state index is 0.0519. The van der Waals surface area contributed by atoms with Gasteiger partial charge in [-0.1, -0.05) is 161 Å². The van der Waals surface area contributed by atoms with Crippen molar-refractivity contribution in [3.63, 3.8) is 0 Å². The van der Waals surface area contributed by atoms with Gasteiger partial charge >= 0.3 is 0 Å². The maximum atomic E-state index is 2.57. The molecule has 1 atom stereocenters. The summed E-state index contributed by atoms with van der Waals surface area (Å²) in [5, 5.41) is 2.61. The van der Waals surface area contributed by atoms with Crippen molar-refractivity contribution in [2.24, 2.45) is 0 Å². The molecule has 238 valence electrons. The molecule has 50 heavy (non-hydrogen) atoms. The molecule has 0 saturated carbocycles. The summed E-state index contributed by atoms with van der Waals surface area (Å²) in [6, 6.07) is 57.8. The molecule has 8 aromatic rings. The summed E-state index contributed by atoms with van der Waals surface area (Å²) in [7, 11) is 0. The number of rotatable bonds is 1. The van der Waals surface area contributed by atoms with E-state index in [2.05, 4.69) is 184 Å². The first kappa shape index (κ1) is 28.2. The van der Waals surface area contributed by atoms with Crippen molar-refractivity contribution < 1.29 is 0 Å². The highest BCUT2D eigenvalue weighted by Gasteiger charge is 2.52. The van der Waals surface area contributed by atoms with E-state index < -0.39 is 5.41 Å². The molecule has 1 spiro atoms. The van der Waals surface area contributed by atoms with Gasteiger partial charge in [-0.15, -0.1) is 0 Å². The van der Waals surface area contributed by atoms with Crippen LogP contribution < -0.4 is 0 Å². The van der Waals surface area contributed by atoms with E-state index in [9.17, 15) is 0 Å². The number of nitrogens with zero attached hydrogens (tertiary/aromatic N) is 1. The van der Waals surface area contributed by atoms with Gasteiger partial charge in [-0.3, -0.25) is 0 Å². The summed E-state index contributed by atoms with van der Waals surface area (Å²) >= 11 is 0. The van der Waals surface area contributed by atoms with Crippen molar-refractivity contribution >= 4 is 21.8 Å². The number of hydrogen-bond donors (Lipinski definition) is 0. The summed E-state index contributed by atoms with van der Waals surface area (Å²) in [4.78, 5) is 0. The standard InChI is InChI=1S/C49H37N/c1-47(2)35-19-7-5-16-34(35)45-31(17-13-23-40(45)47)30-27-28-37-42(29-30)49(38-21-9-8-20-36(38)48(37,3)4)39-22-10-12-26-44(39)50-43-25-11-6-15-32(43)33-18-14-24-41(49)46(33)50/h5-29H,1-4H3. The van der Waals surface area contributed by atoms with E-state index >= 15 is 0 Å². The summed E-state index contributed by atoms with van der Waals surface area (Å²) in [5.41, 5.74) is 19.5. The van der Waals surface area contributed by atoms with Gasteiger partial charge in [0.15, 0.2) is 0 Å². The van der Waals surface area contributed by atoms with Crippen LogP contribution in [0.1, 0.15) is 72.2 Å². The lowest BCUT2D eigenvalue weighted by atomic mass is 9.53. The highest BCUT2D eigenvalue weighted by molar-refractivity contribution is 6.12. The third-order valence-corrected chi connectivity index (χ3v) is 12.7. The third-order valence-electron chi connectivity index (χ3n) is 12.7. The smallest absolute Gasteiger partial charge is 0.0748 e. The van der Waals surface area contributed by atoms with Crippen molar-refractivity contribution in [3.05, 3.63) is 196 Å². The number of aromatic nitrogens is 1. The molecule has 1 unspecified atom stereocenters. The Morgan fingerprint density at radius 1 is 0.400 bits per heavy atom. The van der Waals surface area contributed by atoms with Crippen molar-refractivity contribution in [3.8, 4) is 27.9 Å². The number of fused-ring (bicyclic) bond motifs is 14. The molecule has 0 amide bonds. The predicted octanol–water partition coefficient (Wildman–Crippen LogP) is 12.1. The lowest BCUT2D eigenvalue weighted by Crippen LogP contribution is -2.44. The van der Waals surface area contributed by atoms with Crippen LogP contribution in [-0.4, -0.2) is 4.57 Å². The SMILES string of the molecule is CC1(C)c2ccccc2C2(c3ccccc3-n3c4ccccc4c4cccc2c43)c2cc(-c3cccc4c3-c3ccccc3C4(C)C)ccc21. The van der Waals surface area contributed by atoms with Gasteiger partial charge in [0.25, 0.3) is 0 Å². The van der Waals surface area contributed by atoms with Gasteiger partial charge in [-0.25, -0.2) is 0 Å². The van der Waals surface area contributed by atoms with E-state index in [1.807, 2.05) is 0 Å². The molecular formula is C49H37N. The Balaban J connectivity index is 1.31. The average molecular weight is 640 g/mol. The predicted molar refractivity (Wildman–Crippen MR) is 208 cm³/mol. The second-order valence-corrected chi connectivity index (χ2v) is 15.7. The van der Waals surface area contributed by atoms with Gasteiger partial charge in [0.05, 0.1) is 22.1 Å². The van der Waals surface area contributed by atoms with E-state index in [1.54, 1.807) is 0 Å². The average Bonchev–Trinajstić information content (AvgIpc) is 3.61. The molecule has 7 aromatic carbocycles. The van der Waals surface area contributed by atoms with Crippen LogP contribution in [0.5, 0.6) is 0 Å². The number of para-hydroxylation sites is 3. The highest BCUT2D eigenvalue weighted by Crippen LogP contribution is 2.61. The fourth-order valence-corrected chi connectivity index (χ4v) is 10.5. The second kappa shape index (κ2) is 9.31. The Hall–Kier alpha value is -5.66. The lowest BCUT2D eigenvalue weighted by Gasteiger charge is -2.50. The van der Waals surface area contributed by atoms with Crippen LogP contribution in [0.25, 0.3) is 49.7 Å². The van der Waals surface area contributed by atoms with E-state index in [4.69, 9.17) is 0 Å². The van der Waals surface area contributed by atoms with Gasteiger partial charge in [-0.2, -0.15) is 0 Å². The first-order valence-electron chi connectivity index (χ1n) is 18.0. The van der Waals surface area contributed by atoms with Gasteiger partial charge in [0, 0.05) is 21.6 Å². The molecule has 0 radical (unpaired) electrons. The van der Waals surface area contributed by atoms with Crippen LogP contribution >= 0.6 is 0 Å². The molecule has 0 N–H and O–H groups in total. The van der Waals surface area contributed by atoms with Gasteiger partial charge < -0.3 is 4.57 Å². The first-order valence-corrected chi connectivity index (χ1v) is 18.0. The zero-order valence-corrected chi connectivity index (χ0v) is 28.9. The normalized spacial score (nSPS) is 18.4. The van der Waals surface area contributed by atoms with Crippen LogP contribution in [0.4, 0.5) is 0 Å². The number of hydrogen-bond acceptors (Lipinski definition) is 0. The van der Waals surface area contributed by atoms with Crippen LogP contribution in [0.2, 0.25) is 0 Å². The van der Waals surface area contributed by atoms with E-state index in [1.165, 1.54) is 94.3 Å². The van der Waals surface area contributed by atoms with Crippen LogP contribution in [0, 0.1) is 0 Å². The molecule has 1 heteroatoms. The van der Waals surface area contributed by atoms with E-state index in [0.29, 0.717) is 0 Å². The van der Waals surface area contributed by atoms with Crippen LogP contribution in [0.15, 0.2) is 152 Å². The zero-order chi connectivity index (χ0) is 33.6. The maximum Gasteiger partial charge on any atom is 0.0748 e. The van der Waals surface area contributed by atoms with Crippen LogP contribution in [-0.2, 0) is 16.2 Å². The first-order chi connectivity index (χ1) is 24.3. The van der Waals surface area contributed by atoms with Gasteiger partial charge in [0.2, 0.25) is 0 Å². The largest absolute Gasteiger partial charge is 0.309 e. The zero-order valence-electron chi connectivity index (χ0n) is 28.9. The van der Waals surface area contributed by atoms with Crippen molar-refractivity contribution in [2.45, 2.75) is 43.9 Å². The fourth-order valence-electron chi connectivity index (χ4n) is 10.5.